The second-order valence-corrected chi connectivity index (χ2v) is 6.63. The number of nitrogens with zero attached hydrogens (tertiary/aromatic N) is 2. The molecular weight excluding hydrogens is 350 g/mol. The normalized spacial score (nSPS) is 17.3. The Labute approximate surface area is 161 Å². The molecule has 0 bridgehead atoms. The zero-order valence-electron chi connectivity index (χ0n) is 14.9. The van der Waals surface area contributed by atoms with E-state index < -0.39 is 0 Å². The van der Waals surface area contributed by atoms with Gasteiger partial charge in [0.25, 0.3) is 0 Å². The van der Waals surface area contributed by atoms with Crippen molar-refractivity contribution in [2.24, 2.45) is 0 Å². The van der Waals surface area contributed by atoms with Crippen molar-refractivity contribution in [2.75, 3.05) is 31.2 Å². The molecule has 3 heterocycles. The zero-order chi connectivity index (χ0) is 16.9. The van der Waals surface area contributed by atoms with Crippen molar-refractivity contribution in [1.29, 1.82) is 0 Å². The Morgan fingerprint density at radius 2 is 1.88 bits per heavy atom. The van der Waals surface area contributed by atoms with Gasteiger partial charge in [-0.3, -0.25) is 0 Å². The van der Waals surface area contributed by atoms with Gasteiger partial charge in [0, 0.05) is 43.9 Å². The molecule has 1 saturated heterocycles. The highest BCUT2D eigenvalue weighted by molar-refractivity contribution is 5.85. The number of rotatable bonds is 4. The first-order valence-corrected chi connectivity index (χ1v) is 9.17. The highest BCUT2D eigenvalue weighted by Gasteiger charge is 2.21. The third-order valence-electron chi connectivity index (χ3n) is 4.90. The summed E-state index contributed by atoms with van der Waals surface area (Å²) in [6.07, 6.45) is 5.06. The number of para-hydroxylation sites is 1. The van der Waals surface area contributed by atoms with Crippen LogP contribution in [0.1, 0.15) is 24.8 Å². The van der Waals surface area contributed by atoms with Crippen molar-refractivity contribution in [3.05, 3.63) is 48.2 Å². The van der Waals surface area contributed by atoms with Crippen LogP contribution in [-0.2, 0) is 6.54 Å². The van der Waals surface area contributed by atoms with Gasteiger partial charge in [0.15, 0.2) is 11.5 Å². The van der Waals surface area contributed by atoms with Gasteiger partial charge in [-0.1, -0.05) is 18.2 Å². The van der Waals surface area contributed by atoms with Crippen LogP contribution in [0.5, 0.6) is 11.5 Å². The quantitative estimate of drug-likeness (QED) is 0.887. The molecule has 6 heteroatoms. The first-order chi connectivity index (χ1) is 12.4. The van der Waals surface area contributed by atoms with Crippen LogP contribution < -0.4 is 19.7 Å². The van der Waals surface area contributed by atoms with Crippen molar-refractivity contribution >= 4 is 18.2 Å². The molecule has 0 spiro atoms. The van der Waals surface area contributed by atoms with E-state index in [-0.39, 0.29) is 12.4 Å². The summed E-state index contributed by atoms with van der Waals surface area (Å²) in [5, 5.41) is 3.70. The van der Waals surface area contributed by atoms with E-state index in [4.69, 9.17) is 9.47 Å². The summed E-state index contributed by atoms with van der Waals surface area (Å²) in [5.41, 5.74) is 1.19. The number of fused-ring (bicyclic) bond motifs is 1. The number of anilines is 1. The number of benzene rings is 1. The Morgan fingerprint density at radius 3 is 2.69 bits per heavy atom. The molecule has 26 heavy (non-hydrogen) atoms. The highest BCUT2D eigenvalue weighted by atomic mass is 35.5. The Morgan fingerprint density at radius 1 is 1.04 bits per heavy atom. The van der Waals surface area contributed by atoms with Crippen LogP contribution >= 0.6 is 12.4 Å². The van der Waals surface area contributed by atoms with Crippen LogP contribution in [0.3, 0.4) is 0 Å². The SMILES string of the molecule is Cl.c1ccc(N2CCC(NCc3cccc4c3OCCCO4)CC2)nc1. The van der Waals surface area contributed by atoms with Crippen LogP contribution in [0.25, 0.3) is 0 Å². The molecule has 0 atom stereocenters. The number of aromatic nitrogens is 1. The minimum atomic E-state index is 0. The maximum atomic E-state index is 5.91. The van der Waals surface area contributed by atoms with Gasteiger partial charge in [-0.2, -0.15) is 0 Å². The van der Waals surface area contributed by atoms with Crippen molar-refractivity contribution in [1.82, 2.24) is 10.3 Å². The van der Waals surface area contributed by atoms with Gasteiger partial charge in [-0.05, 0) is 31.0 Å². The molecule has 0 radical (unpaired) electrons. The average Bonchev–Trinajstić information content (AvgIpc) is 2.93. The highest BCUT2D eigenvalue weighted by Crippen LogP contribution is 2.33. The summed E-state index contributed by atoms with van der Waals surface area (Å²) in [7, 11) is 0. The first-order valence-electron chi connectivity index (χ1n) is 9.17. The van der Waals surface area contributed by atoms with Crippen molar-refractivity contribution in [3.8, 4) is 11.5 Å². The van der Waals surface area contributed by atoms with Crippen LogP contribution in [0, 0.1) is 0 Å². The number of ether oxygens (including phenoxy) is 2. The molecule has 0 amide bonds. The van der Waals surface area contributed by atoms with Crippen LogP contribution in [0.15, 0.2) is 42.6 Å². The molecule has 4 rings (SSSR count). The number of hydrogen-bond acceptors (Lipinski definition) is 5. The lowest BCUT2D eigenvalue weighted by Crippen LogP contribution is -2.42. The van der Waals surface area contributed by atoms with E-state index in [9.17, 15) is 0 Å². The first kappa shape index (κ1) is 18.8. The van der Waals surface area contributed by atoms with Gasteiger partial charge in [-0.15, -0.1) is 12.4 Å². The largest absolute Gasteiger partial charge is 0.490 e. The zero-order valence-corrected chi connectivity index (χ0v) is 15.7. The minimum Gasteiger partial charge on any atom is -0.490 e. The molecule has 2 aromatic rings. The predicted octanol–water partition coefficient (Wildman–Crippen LogP) is 3.42. The molecule has 1 N–H and O–H groups in total. The van der Waals surface area contributed by atoms with Gasteiger partial charge in [0.2, 0.25) is 0 Å². The molecule has 1 fully saturated rings. The summed E-state index contributed by atoms with van der Waals surface area (Å²) >= 11 is 0. The van der Waals surface area contributed by atoms with Gasteiger partial charge >= 0.3 is 0 Å². The van der Waals surface area contributed by atoms with E-state index in [1.807, 2.05) is 24.4 Å². The van der Waals surface area contributed by atoms with Crippen LogP contribution in [-0.4, -0.2) is 37.3 Å². The standard InChI is InChI=1S/C20H25N3O2.ClH/c1-2-10-21-19(7-1)23-11-8-17(9-12-23)22-15-16-5-3-6-18-20(16)25-14-4-13-24-18;/h1-3,5-7,10,17,22H,4,8-9,11-15H2;1H. The molecule has 1 aromatic heterocycles. The summed E-state index contributed by atoms with van der Waals surface area (Å²) in [4.78, 5) is 6.82. The molecule has 0 aliphatic carbocycles. The Balaban J connectivity index is 0.00000196. The van der Waals surface area contributed by atoms with Crippen molar-refractivity contribution < 1.29 is 9.47 Å². The van der Waals surface area contributed by atoms with Crippen LogP contribution in [0.4, 0.5) is 5.82 Å². The Hall–Kier alpha value is -1.98. The molecule has 1 aromatic carbocycles. The van der Waals surface area contributed by atoms with E-state index in [0.29, 0.717) is 6.04 Å². The smallest absolute Gasteiger partial charge is 0.165 e. The van der Waals surface area contributed by atoms with Gasteiger partial charge in [0.05, 0.1) is 13.2 Å². The lowest BCUT2D eigenvalue weighted by molar-refractivity contribution is 0.295. The van der Waals surface area contributed by atoms with Crippen molar-refractivity contribution in [2.45, 2.75) is 31.8 Å². The molecule has 140 valence electrons. The Bertz CT molecular complexity index is 691. The van der Waals surface area contributed by atoms with E-state index >= 15 is 0 Å². The number of halogens is 1. The number of piperidine rings is 1. The maximum absolute atomic E-state index is 5.91. The lowest BCUT2D eigenvalue weighted by atomic mass is 10.0. The van der Waals surface area contributed by atoms with E-state index in [1.165, 1.54) is 5.56 Å². The molecule has 0 unspecified atom stereocenters. The summed E-state index contributed by atoms with van der Waals surface area (Å²) < 4.78 is 11.7. The molecule has 2 aliphatic rings. The third kappa shape index (κ3) is 4.40. The van der Waals surface area contributed by atoms with Gasteiger partial charge < -0.3 is 19.7 Å². The Kier molecular flexibility index (Phi) is 6.58. The number of hydrogen-bond donors (Lipinski definition) is 1. The molecule has 0 saturated carbocycles. The van der Waals surface area contributed by atoms with Crippen LogP contribution in [0.2, 0.25) is 0 Å². The predicted molar refractivity (Wildman–Crippen MR) is 106 cm³/mol. The topological polar surface area (TPSA) is 46.6 Å². The average molecular weight is 376 g/mol. The fraction of sp³-hybridized carbons (Fsp3) is 0.450. The third-order valence-corrected chi connectivity index (χ3v) is 4.90. The second kappa shape index (κ2) is 9.10. The van der Waals surface area contributed by atoms with Gasteiger partial charge in [0.1, 0.15) is 5.82 Å². The summed E-state index contributed by atoms with van der Waals surface area (Å²) in [5.74, 6) is 2.88. The van der Waals surface area contributed by atoms with E-state index in [1.54, 1.807) is 0 Å². The summed E-state index contributed by atoms with van der Waals surface area (Å²) in [6, 6.07) is 12.8. The van der Waals surface area contributed by atoms with E-state index in [2.05, 4.69) is 33.4 Å². The number of pyridine rings is 1. The minimum absolute atomic E-state index is 0. The fourth-order valence-corrected chi connectivity index (χ4v) is 3.50. The summed E-state index contributed by atoms with van der Waals surface area (Å²) in [6.45, 7) is 4.37. The monoisotopic (exact) mass is 375 g/mol. The lowest BCUT2D eigenvalue weighted by Gasteiger charge is -2.33. The molecule has 5 nitrogen and oxygen atoms in total. The second-order valence-electron chi connectivity index (χ2n) is 6.63. The fourth-order valence-electron chi connectivity index (χ4n) is 3.50. The molecular formula is C20H26ClN3O2. The maximum Gasteiger partial charge on any atom is 0.165 e. The molecule has 2 aliphatic heterocycles. The van der Waals surface area contributed by atoms with E-state index in [0.717, 1.165) is 69.4 Å². The van der Waals surface area contributed by atoms with Crippen molar-refractivity contribution in [3.63, 3.8) is 0 Å². The number of nitrogens with one attached hydrogen (secondary N) is 1. The van der Waals surface area contributed by atoms with Gasteiger partial charge in [-0.25, -0.2) is 4.98 Å².